The van der Waals surface area contributed by atoms with Gasteiger partial charge in [-0.3, -0.25) is 0 Å². The Balaban J connectivity index is 1.39. The van der Waals surface area contributed by atoms with Crippen molar-refractivity contribution in [1.82, 2.24) is 0 Å². The van der Waals surface area contributed by atoms with Crippen molar-refractivity contribution in [2.45, 2.75) is 44.7 Å². The molecule has 1 nitrogen and oxygen atoms in total. The van der Waals surface area contributed by atoms with Crippen LogP contribution in [0.3, 0.4) is 0 Å². The standard InChI is InChI=1S/C43H36OSi/c1-45(2)41-24-12-11-23-40(41)44-43-35(22-13-25-42(43)45)39-27-38-34-21-10-8-19-32(34)30-17-6-5-16-29(30)31-18-7-9-20-33(31)37(38)26-36(39)28-14-3-4-15-28/h5-13,16-28H,3-4,14-15H2,1-2H3/i28D. The van der Waals surface area contributed by atoms with Crippen LogP contribution < -0.4 is 15.1 Å². The van der Waals surface area contributed by atoms with Crippen molar-refractivity contribution in [3.63, 3.8) is 0 Å². The van der Waals surface area contributed by atoms with Crippen molar-refractivity contribution in [1.29, 1.82) is 0 Å². The van der Waals surface area contributed by atoms with Gasteiger partial charge in [0.15, 0.2) is 0 Å². The second-order valence-corrected chi connectivity index (χ2v) is 17.6. The maximum absolute atomic E-state index is 9.98. The average molecular weight is 598 g/mol. The number of rotatable bonds is 2. The Bertz CT molecular complexity index is 2190. The van der Waals surface area contributed by atoms with Gasteiger partial charge in [0.1, 0.15) is 19.6 Å². The van der Waals surface area contributed by atoms with Crippen molar-refractivity contribution < 1.29 is 6.11 Å². The summed E-state index contributed by atoms with van der Waals surface area (Å²) in [4.78, 5) is 0. The van der Waals surface area contributed by atoms with Crippen LogP contribution in [0.15, 0.2) is 127 Å². The number of hydrogen-bond acceptors (Lipinski definition) is 1. The van der Waals surface area contributed by atoms with Crippen LogP contribution >= 0.6 is 0 Å². The Morgan fingerprint density at radius 3 is 1.58 bits per heavy atom. The zero-order valence-electron chi connectivity index (χ0n) is 26.9. The summed E-state index contributed by atoms with van der Waals surface area (Å²) >= 11 is 0. The van der Waals surface area contributed by atoms with Crippen LogP contribution in [0, 0.1) is 0 Å². The van der Waals surface area contributed by atoms with Gasteiger partial charge in [0.05, 0.1) is 0 Å². The Hall–Kier alpha value is -4.66. The third-order valence-electron chi connectivity index (χ3n) is 10.4. The molecule has 0 aromatic heterocycles. The van der Waals surface area contributed by atoms with Gasteiger partial charge in [0.25, 0.3) is 0 Å². The van der Waals surface area contributed by atoms with Crippen molar-refractivity contribution in [3.05, 3.63) is 133 Å². The number of hydrogen-bond donors (Lipinski definition) is 0. The van der Waals surface area contributed by atoms with Gasteiger partial charge in [0.2, 0.25) is 0 Å². The molecule has 0 atom stereocenters. The molecule has 218 valence electrons. The minimum Gasteiger partial charge on any atom is -0.457 e. The van der Waals surface area contributed by atoms with Crippen LogP contribution in [-0.2, 0) is 0 Å². The van der Waals surface area contributed by atoms with Gasteiger partial charge in [-0.1, -0.05) is 135 Å². The number of ether oxygens (including phenoxy) is 1. The molecule has 0 saturated heterocycles. The van der Waals surface area contributed by atoms with Gasteiger partial charge >= 0.3 is 0 Å². The highest BCUT2D eigenvalue weighted by molar-refractivity contribution is 7.01. The Labute approximate surface area is 268 Å². The van der Waals surface area contributed by atoms with Crippen LogP contribution in [0.25, 0.3) is 55.6 Å². The van der Waals surface area contributed by atoms with Gasteiger partial charge in [-0.15, -0.1) is 0 Å². The third kappa shape index (κ3) is 4.05. The molecule has 2 aliphatic carbocycles. The van der Waals surface area contributed by atoms with Gasteiger partial charge in [0, 0.05) is 6.93 Å². The first-order chi connectivity index (χ1) is 22.4. The zero-order valence-corrected chi connectivity index (χ0v) is 26.9. The van der Waals surface area contributed by atoms with Crippen LogP contribution in [-0.4, -0.2) is 8.07 Å². The van der Waals surface area contributed by atoms with Crippen molar-refractivity contribution in [2.75, 3.05) is 0 Å². The van der Waals surface area contributed by atoms with E-state index < -0.39 is 14.0 Å². The SMILES string of the molecule is [2H]C1(c2cc3c(cc2-c2cccc4c2Oc2ccccc2[Si]4(C)C)-c2ccccc2-c2ccccc2-c2ccccc2-3)CCCC1. The molecule has 1 heterocycles. The highest BCUT2D eigenvalue weighted by Gasteiger charge is 2.38. The normalized spacial score (nSPS) is 16.7. The minimum atomic E-state index is -2.02. The summed E-state index contributed by atoms with van der Waals surface area (Å²) in [7, 11) is -2.02. The second-order valence-electron chi connectivity index (χ2n) is 13.3. The van der Waals surface area contributed by atoms with Crippen molar-refractivity contribution in [2.24, 2.45) is 0 Å². The van der Waals surface area contributed by atoms with E-state index in [2.05, 4.69) is 140 Å². The molecular formula is C43H36OSi. The Morgan fingerprint density at radius 1 is 0.511 bits per heavy atom. The van der Waals surface area contributed by atoms with E-state index in [1.807, 2.05) is 0 Å². The quantitative estimate of drug-likeness (QED) is 0.180. The summed E-state index contributed by atoms with van der Waals surface area (Å²) in [6, 6.07) is 46.6. The van der Waals surface area contributed by atoms with Crippen LogP contribution in [0.5, 0.6) is 11.5 Å². The lowest BCUT2D eigenvalue weighted by molar-refractivity contribution is 0.488. The molecule has 0 amide bonds. The van der Waals surface area contributed by atoms with E-state index in [9.17, 15) is 1.37 Å². The molecule has 0 unspecified atom stereocenters. The molecule has 3 aliphatic rings. The molecular weight excluding hydrogens is 561 g/mol. The van der Waals surface area contributed by atoms with E-state index in [4.69, 9.17) is 4.74 Å². The van der Waals surface area contributed by atoms with E-state index in [1.54, 1.807) is 0 Å². The maximum Gasteiger partial charge on any atom is 0.134 e. The maximum atomic E-state index is 9.98. The smallest absolute Gasteiger partial charge is 0.134 e. The summed E-state index contributed by atoms with van der Waals surface area (Å²) in [6.07, 6.45) is 3.92. The molecule has 0 radical (unpaired) electrons. The Morgan fingerprint density at radius 2 is 0.978 bits per heavy atom. The van der Waals surface area contributed by atoms with E-state index >= 15 is 0 Å². The molecule has 9 rings (SSSR count). The molecule has 2 heteroatoms. The largest absolute Gasteiger partial charge is 0.457 e. The summed E-state index contributed by atoms with van der Waals surface area (Å²) in [5.74, 6) is 1.30. The number of fused-ring (bicyclic) bond motifs is 10. The molecule has 1 aliphatic heterocycles. The average Bonchev–Trinajstić information content (AvgIpc) is 3.54. The van der Waals surface area contributed by atoms with Crippen molar-refractivity contribution >= 4 is 18.4 Å². The highest BCUT2D eigenvalue weighted by atomic mass is 28.3. The van der Waals surface area contributed by atoms with E-state index in [0.717, 1.165) is 53.9 Å². The highest BCUT2D eigenvalue weighted by Crippen LogP contribution is 2.52. The lowest BCUT2D eigenvalue weighted by Crippen LogP contribution is -2.56. The summed E-state index contributed by atoms with van der Waals surface area (Å²) in [6.45, 7) is 4.87. The predicted octanol–water partition coefficient (Wildman–Crippen LogP) is 10.9. The third-order valence-corrected chi connectivity index (χ3v) is 13.9. The minimum absolute atomic E-state index is 0.651. The first-order valence-corrected chi connectivity index (χ1v) is 19.3. The van der Waals surface area contributed by atoms with E-state index in [-0.39, 0.29) is 0 Å². The topological polar surface area (TPSA) is 9.23 Å². The van der Waals surface area contributed by atoms with E-state index in [0.29, 0.717) is 0 Å². The lowest BCUT2D eigenvalue weighted by Gasteiger charge is -2.34. The summed E-state index contributed by atoms with van der Waals surface area (Å²) < 4.78 is 16.9. The summed E-state index contributed by atoms with van der Waals surface area (Å²) in [5.41, 5.74) is 13.2. The molecule has 6 aromatic rings. The van der Waals surface area contributed by atoms with E-state index in [1.165, 1.54) is 54.9 Å². The first-order valence-electron chi connectivity index (χ1n) is 16.8. The second kappa shape index (κ2) is 10.2. The monoisotopic (exact) mass is 597 g/mol. The molecule has 6 aromatic carbocycles. The predicted molar refractivity (Wildman–Crippen MR) is 192 cm³/mol. The lowest BCUT2D eigenvalue weighted by atomic mass is 9.77. The van der Waals surface area contributed by atoms with Gasteiger partial charge in [-0.05, 0) is 103 Å². The van der Waals surface area contributed by atoms with Crippen LogP contribution in [0.4, 0.5) is 0 Å². The fraction of sp³-hybridized carbons (Fsp3) is 0.163. The summed E-state index contributed by atoms with van der Waals surface area (Å²) in [5, 5.41) is 2.67. The molecule has 0 bridgehead atoms. The van der Waals surface area contributed by atoms with Crippen LogP contribution in [0.2, 0.25) is 13.1 Å². The molecule has 0 spiro atoms. The molecule has 0 N–H and O–H groups in total. The molecule has 1 fully saturated rings. The molecule has 45 heavy (non-hydrogen) atoms. The number of benzene rings is 6. The Kier molecular flexibility index (Phi) is 5.80. The van der Waals surface area contributed by atoms with Gasteiger partial charge in [-0.25, -0.2) is 0 Å². The molecule has 1 saturated carbocycles. The van der Waals surface area contributed by atoms with Gasteiger partial charge < -0.3 is 4.74 Å². The fourth-order valence-corrected chi connectivity index (χ4v) is 11.0. The van der Waals surface area contributed by atoms with Crippen molar-refractivity contribution in [3.8, 4) is 67.1 Å². The number of para-hydroxylation sites is 2. The van der Waals surface area contributed by atoms with Gasteiger partial charge in [-0.2, -0.15) is 0 Å². The zero-order chi connectivity index (χ0) is 31.0. The van der Waals surface area contributed by atoms with Crippen LogP contribution in [0.1, 0.15) is 38.5 Å². The fourth-order valence-electron chi connectivity index (χ4n) is 8.17. The first kappa shape index (κ1) is 25.6.